The first kappa shape index (κ1) is 53.7. The van der Waals surface area contributed by atoms with Crippen molar-refractivity contribution in [2.75, 3.05) is 37.0 Å². The van der Waals surface area contributed by atoms with E-state index in [2.05, 4.69) is 97.9 Å². The van der Waals surface area contributed by atoms with E-state index in [9.17, 15) is 19.2 Å². The highest BCUT2D eigenvalue weighted by Gasteiger charge is 2.60. The fourth-order valence-corrected chi connectivity index (χ4v) is 16.3. The van der Waals surface area contributed by atoms with Gasteiger partial charge in [-0.25, -0.2) is 14.5 Å². The zero-order valence-electron chi connectivity index (χ0n) is 43.2. The van der Waals surface area contributed by atoms with Gasteiger partial charge in [0.2, 0.25) is 11.8 Å². The van der Waals surface area contributed by atoms with Crippen LogP contribution >= 0.6 is 0 Å². The molecule has 6 rings (SSSR count). The Kier molecular flexibility index (Phi) is 16.7. The standard InChI is InChI=1S/C53H75N5O10Si2/c1-14-26-65-50(62)56-41(27-37-18-16-15-17-19-37)47(60)54-31-46(59)55-39-22-20-38(21-23-39)32-66-51(63)58-42-29-45(67-70(34(2)3,35(4)5)36(6)7)44(64-11)28-40(42)48(61)57-33-53(24-25-53)30-43(57)49(58)68-69(12,13)52(8,9)10/h14-23,28-29,34-36,41,43,49H,1,24-27,30-33H2,2-13H3,(H,54,60)(H,55,59)(H,56,62)/t41-,43-,49?/m0/s1. The molecular weight excluding hydrogens is 923 g/mol. The average Bonchev–Trinajstić information content (AvgIpc) is 3.97. The SMILES string of the molecule is C=CCOC(=O)N[C@@H](Cc1ccccc1)C(=O)NCC(=O)Nc1ccc(COC(=O)N2c3cc(O[Si](C(C)C)(C(C)C)C(C)C)c(OC)cc3C(=O)N3CC4(CC4)C[C@H]3C2O[Si](C)(C)C(C)(C)C)cc1. The quantitative estimate of drug-likeness (QED) is 0.0775. The molecule has 0 radical (unpaired) electrons. The van der Waals surface area contributed by atoms with E-state index in [1.54, 1.807) is 48.4 Å². The summed E-state index contributed by atoms with van der Waals surface area (Å²) in [6.07, 6.45) is 2.00. The van der Waals surface area contributed by atoms with Gasteiger partial charge in [-0.3, -0.25) is 14.4 Å². The van der Waals surface area contributed by atoms with Crippen LogP contribution in [-0.4, -0.2) is 96.6 Å². The largest absolute Gasteiger partial charge is 0.540 e. The van der Waals surface area contributed by atoms with Crippen LogP contribution in [0.1, 0.15) is 103 Å². The summed E-state index contributed by atoms with van der Waals surface area (Å²) in [6, 6.07) is 18.1. The number of rotatable bonds is 19. The first-order valence-electron chi connectivity index (χ1n) is 24.6. The molecule has 3 aromatic rings. The first-order chi connectivity index (χ1) is 33.0. The maximum atomic E-state index is 15.1. The number of carbonyl (C=O) groups excluding carboxylic acids is 5. The Hall–Kier alpha value is -5.66. The minimum absolute atomic E-state index is 0.0155. The Balaban J connectivity index is 1.25. The van der Waals surface area contributed by atoms with Crippen LogP contribution in [0.25, 0.3) is 0 Å². The van der Waals surface area contributed by atoms with E-state index in [0.29, 0.717) is 47.0 Å². The zero-order chi connectivity index (χ0) is 51.3. The minimum Gasteiger partial charge on any atom is -0.540 e. The van der Waals surface area contributed by atoms with E-state index in [0.717, 1.165) is 18.4 Å². The lowest BCUT2D eigenvalue weighted by Gasteiger charge is -2.44. The van der Waals surface area contributed by atoms with Gasteiger partial charge < -0.3 is 43.9 Å². The molecule has 1 spiro atoms. The van der Waals surface area contributed by atoms with Crippen molar-refractivity contribution in [1.29, 1.82) is 0 Å². The van der Waals surface area contributed by atoms with Crippen LogP contribution in [0.15, 0.2) is 79.4 Å². The average molecular weight is 998 g/mol. The molecule has 70 heavy (non-hydrogen) atoms. The van der Waals surface area contributed by atoms with E-state index in [-0.39, 0.29) is 59.2 Å². The van der Waals surface area contributed by atoms with Crippen molar-refractivity contribution in [2.45, 2.75) is 148 Å². The van der Waals surface area contributed by atoms with Crippen molar-refractivity contribution in [3.8, 4) is 11.5 Å². The Morgan fingerprint density at radius 3 is 2.10 bits per heavy atom. The van der Waals surface area contributed by atoms with E-state index < -0.39 is 58.9 Å². The van der Waals surface area contributed by atoms with Gasteiger partial charge >= 0.3 is 12.2 Å². The van der Waals surface area contributed by atoms with Crippen molar-refractivity contribution in [2.24, 2.45) is 5.41 Å². The van der Waals surface area contributed by atoms with Crippen molar-refractivity contribution in [3.63, 3.8) is 0 Å². The van der Waals surface area contributed by atoms with Gasteiger partial charge in [-0.05, 0) is 88.8 Å². The predicted molar refractivity (Wildman–Crippen MR) is 277 cm³/mol. The van der Waals surface area contributed by atoms with Crippen LogP contribution in [0.4, 0.5) is 21.0 Å². The summed E-state index contributed by atoms with van der Waals surface area (Å²) in [6.45, 7) is 27.6. The molecule has 0 bridgehead atoms. The number of hydrogen-bond acceptors (Lipinski definition) is 10. The topological polar surface area (TPSA) is 174 Å². The normalized spacial score (nSPS) is 17.9. The fourth-order valence-electron chi connectivity index (χ4n) is 9.86. The van der Waals surface area contributed by atoms with Crippen LogP contribution in [0.5, 0.6) is 11.5 Å². The van der Waals surface area contributed by atoms with Gasteiger partial charge in [0.15, 0.2) is 20.3 Å². The van der Waals surface area contributed by atoms with E-state index >= 15 is 4.79 Å². The molecule has 1 aliphatic carbocycles. The molecule has 380 valence electrons. The van der Waals surface area contributed by atoms with Crippen LogP contribution in [0.2, 0.25) is 34.8 Å². The van der Waals surface area contributed by atoms with E-state index in [1.807, 2.05) is 35.2 Å². The minimum atomic E-state index is -2.62. The second-order valence-electron chi connectivity index (χ2n) is 21.6. The molecule has 3 aromatic carbocycles. The lowest BCUT2D eigenvalue weighted by Crippen LogP contribution is -2.58. The number of ether oxygens (including phenoxy) is 3. The Bertz CT molecular complexity index is 2360. The van der Waals surface area contributed by atoms with Crippen molar-refractivity contribution in [1.82, 2.24) is 15.5 Å². The number of amides is 5. The molecule has 2 heterocycles. The highest BCUT2D eigenvalue weighted by Crippen LogP contribution is 2.58. The molecule has 3 N–H and O–H groups in total. The third-order valence-electron chi connectivity index (χ3n) is 14.8. The number of benzene rings is 3. The molecule has 2 fully saturated rings. The summed E-state index contributed by atoms with van der Waals surface area (Å²) >= 11 is 0. The summed E-state index contributed by atoms with van der Waals surface area (Å²) in [5.74, 6) is -0.331. The maximum absolute atomic E-state index is 15.1. The van der Waals surface area contributed by atoms with Crippen molar-refractivity contribution < 1.29 is 47.0 Å². The second-order valence-corrected chi connectivity index (χ2v) is 31.7. The number of nitrogens with one attached hydrogen (secondary N) is 3. The zero-order valence-corrected chi connectivity index (χ0v) is 45.2. The number of nitrogens with zero attached hydrogens (tertiary/aromatic N) is 2. The van der Waals surface area contributed by atoms with Gasteiger partial charge in [-0.2, -0.15) is 0 Å². The molecule has 5 amide bonds. The molecule has 1 saturated heterocycles. The molecule has 3 atom stereocenters. The number of alkyl carbamates (subject to hydrolysis) is 1. The number of fused-ring (bicyclic) bond motifs is 2. The first-order valence-corrected chi connectivity index (χ1v) is 29.6. The van der Waals surface area contributed by atoms with Gasteiger partial charge in [-0.15, -0.1) is 0 Å². The molecule has 2 aliphatic heterocycles. The smallest absolute Gasteiger partial charge is 0.416 e. The summed E-state index contributed by atoms with van der Waals surface area (Å²) in [4.78, 5) is 72.2. The molecular formula is C53H75N5O10Si2. The second kappa shape index (κ2) is 21.8. The summed E-state index contributed by atoms with van der Waals surface area (Å²) in [5.41, 5.74) is 3.27. The molecule has 17 heteroatoms. The molecule has 3 aliphatic rings. The highest BCUT2D eigenvalue weighted by atomic mass is 28.4. The number of carbonyl (C=O) groups is 5. The van der Waals surface area contributed by atoms with Gasteiger partial charge in [0.25, 0.3) is 14.2 Å². The number of methoxy groups -OCH3 is 1. The Morgan fingerprint density at radius 2 is 1.53 bits per heavy atom. The molecule has 1 saturated carbocycles. The number of anilines is 2. The van der Waals surface area contributed by atoms with Crippen molar-refractivity contribution >= 4 is 57.9 Å². The number of hydrogen-bond donors (Lipinski definition) is 3. The van der Waals surface area contributed by atoms with Gasteiger partial charge in [-0.1, -0.05) is 117 Å². The van der Waals surface area contributed by atoms with Gasteiger partial charge in [0.05, 0.1) is 30.9 Å². The predicted octanol–water partition coefficient (Wildman–Crippen LogP) is 10.3. The molecule has 0 aromatic heterocycles. The van der Waals surface area contributed by atoms with E-state index in [4.69, 9.17) is 23.1 Å². The highest BCUT2D eigenvalue weighted by molar-refractivity contribution is 6.78. The van der Waals surface area contributed by atoms with Crippen LogP contribution in [0.3, 0.4) is 0 Å². The maximum Gasteiger partial charge on any atom is 0.416 e. The lowest BCUT2D eigenvalue weighted by atomic mass is 10.0. The third kappa shape index (κ3) is 11.9. The van der Waals surface area contributed by atoms with Gasteiger partial charge in [0.1, 0.15) is 25.0 Å². The van der Waals surface area contributed by atoms with E-state index in [1.165, 1.54) is 6.08 Å². The third-order valence-corrected chi connectivity index (χ3v) is 25.2. The Labute approximate surface area is 416 Å². The lowest BCUT2D eigenvalue weighted by molar-refractivity contribution is -0.125. The van der Waals surface area contributed by atoms with Crippen LogP contribution < -0.4 is 30.0 Å². The molecule has 15 nitrogen and oxygen atoms in total. The molecule has 1 unspecified atom stereocenters. The monoisotopic (exact) mass is 998 g/mol. The van der Waals surface area contributed by atoms with Crippen LogP contribution in [-0.2, 0) is 36.5 Å². The van der Waals surface area contributed by atoms with Crippen LogP contribution in [0, 0.1) is 5.41 Å². The fraction of sp³-hybridized carbons (Fsp3) is 0.528. The summed E-state index contributed by atoms with van der Waals surface area (Å²) in [7, 11) is -3.60. The van der Waals surface area contributed by atoms with Crippen molar-refractivity contribution in [3.05, 3.63) is 96.1 Å². The Morgan fingerprint density at radius 1 is 0.886 bits per heavy atom. The summed E-state index contributed by atoms with van der Waals surface area (Å²) in [5, 5.41) is 7.74. The van der Waals surface area contributed by atoms with Gasteiger partial charge in [0, 0.05) is 24.7 Å². The summed E-state index contributed by atoms with van der Waals surface area (Å²) < 4.78 is 31.9.